The first-order valence-electron chi connectivity index (χ1n) is 12.6. The number of rotatable bonds is 9. The Labute approximate surface area is 220 Å². The number of furan rings is 1. The predicted octanol–water partition coefficient (Wildman–Crippen LogP) is 5.71. The third kappa shape index (κ3) is 5.09. The smallest absolute Gasteiger partial charge is 0.266 e. The van der Waals surface area contributed by atoms with Crippen molar-refractivity contribution >= 4 is 16.8 Å². The summed E-state index contributed by atoms with van der Waals surface area (Å²) in [6, 6.07) is 27.6. The summed E-state index contributed by atoms with van der Waals surface area (Å²) in [5.41, 5.74) is 1.99. The minimum Gasteiger partial charge on any atom is -0.495 e. The zero-order valence-corrected chi connectivity index (χ0v) is 21.4. The van der Waals surface area contributed by atoms with Gasteiger partial charge < -0.3 is 14.1 Å². The van der Waals surface area contributed by atoms with Crippen LogP contribution in [0, 0.1) is 0 Å². The lowest BCUT2D eigenvalue weighted by molar-refractivity contribution is -0.134. The van der Waals surface area contributed by atoms with Crippen LogP contribution in [0.25, 0.3) is 16.6 Å². The van der Waals surface area contributed by atoms with E-state index >= 15 is 0 Å². The number of hydrogen-bond donors (Lipinski definition) is 0. The summed E-state index contributed by atoms with van der Waals surface area (Å²) in [5.74, 6) is 1.56. The van der Waals surface area contributed by atoms with Gasteiger partial charge in [-0.2, -0.15) is 0 Å². The number of nitrogens with zero attached hydrogens (tertiary/aromatic N) is 3. The number of methoxy groups -OCH3 is 1. The Morgan fingerprint density at radius 2 is 1.71 bits per heavy atom. The number of fused-ring (bicyclic) bond motifs is 1. The molecule has 5 aromatic rings. The van der Waals surface area contributed by atoms with E-state index in [4.69, 9.17) is 14.1 Å². The van der Waals surface area contributed by atoms with Crippen molar-refractivity contribution in [2.24, 2.45) is 0 Å². The van der Waals surface area contributed by atoms with Crippen LogP contribution in [0.3, 0.4) is 0 Å². The highest BCUT2D eigenvalue weighted by Gasteiger charge is 2.28. The number of ether oxygens (including phenoxy) is 1. The van der Waals surface area contributed by atoms with Gasteiger partial charge in [-0.15, -0.1) is 0 Å². The monoisotopic (exact) mass is 507 g/mol. The number of aromatic nitrogens is 2. The van der Waals surface area contributed by atoms with E-state index in [0.29, 0.717) is 46.8 Å². The van der Waals surface area contributed by atoms with Crippen LogP contribution in [0.15, 0.2) is 106 Å². The van der Waals surface area contributed by atoms with Gasteiger partial charge in [0.1, 0.15) is 17.3 Å². The first kappa shape index (κ1) is 25.0. The number of benzene rings is 3. The van der Waals surface area contributed by atoms with Crippen molar-refractivity contribution in [3.63, 3.8) is 0 Å². The molecule has 0 saturated heterocycles. The van der Waals surface area contributed by atoms with Crippen molar-refractivity contribution in [2.75, 3.05) is 7.11 Å². The molecule has 0 fully saturated rings. The Morgan fingerprint density at radius 1 is 0.974 bits per heavy atom. The second kappa shape index (κ2) is 11.2. The topological polar surface area (TPSA) is 77.6 Å². The van der Waals surface area contributed by atoms with Crippen molar-refractivity contribution in [1.82, 2.24) is 14.5 Å². The average Bonchev–Trinajstić information content (AvgIpc) is 3.48. The largest absolute Gasteiger partial charge is 0.495 e. The van der Waals surface area contributed by atoms with Crippen molar-refractivity contribution in [3.8, 4) is 11.4 Å². The maximum atomic E-state index is 13.9. The Hall–Kier alpha value is -4.65. The molecule has 0 aliphatic heterocycles. The summed E-state index contributed by atoms with van der Waals surface area (Å²) >= 11 is 0. The van der Waals surface area contributed by atoms with Gasteiger partial charge in [0.05, 0.1) is 42.5 Å². The Kier molecular flexibility index (Phi) is 7.35. The van der Waals surface area contributed by atoms with Gasteiger partial charge in [-0.3, -0.25) is 14.2 Å². The van der Waals surface area contributed by atoms with Crippen LogP contribution in [0.5, 0.6) is 5.75 Å². The minimum absolute atomic E-state index is 0.0632. The summed E-state index contributed by atoms with van der Waals surface area (Å²) in [4.78, 5) is 34.3. The van der Waals surface area contributed by atoms with E-state index in [1.54, 1.807) is 41.0 Å². The Morgan fingerprint density at radius 3 is 2.47 bits per heavy atom. The number of carbonyl (C=O) groups excluding carboxylic acids is 1. The molecule has 0 aliphatic carbocycles. The number of amides is 1. The van der Waals surface area contributed by atoms with Gasteiger partial charge in [0.2, 0.25) is 5.91 Å². The third-order valence-corrected chi connectivity index (χ3v) is 6.67. The molecule has 0 radical (unpaired) electrons. The standard InChI is InChI=1S/C31H29N3O4/c1-22(33(21-24-13-10-20-38-24)29(35)19-18-23-11-4-3-5-12-23)30-32-26-15-7-6-14-25(26)31(36)34(30)27-16-8-9-17-28(27)37-2/h3-17,20,22H,18-19,21H2,1-2H3. The zero-order valence-electron chi connectivity index (χ0n) is 21.4. The molecule has 192 valence electrons. The lowest BCUT2D eigenvalue weighted by atomic mass is 10.1. The quantitative estimate of drug-likeness (QED) is 0.255. The molecule has 3 aromatic carbocycles. The lowest BCUT2D eigenvalue weighted by Gasteiger charge is -2.30. The normalized spacial score (nSPS) is 11.8. The molecule has 0 spiro atoms. The molecular formula is C31H29N3O4. The summed E-state index contributed by atoms with van der Waals surface area (Å²) in [6.45, 7) is 2.14. The SMILES string of the molecule is COc1ccccc1-n1c(C(C)N(Cc2ccco2)C(=O)CCc2ccccc2)nc2ccccc2c1=O. The fraction of sp³-hybridized carbons (Fsp3) is 0.194. The highest BCUT2D eigenvalue weighted by molar-refractivity contribution is 5.79. The van der Waals surface area contributed by atoms with Crippen molar-refractivity contribution in [3.05, 3.63) is 125 Å². The van der Waals surface area contributed by atoms with E-state index in [2.05, 4.69) is 0 Å². The maximum absolute atomic E-state index is 13.9. The van der Waals surface area contributed by atoms with Crippen LogP contribution in [-0.4, -0.2) is 27.5 Å². The molecule has 0 bridgehead atoms. The predicted molar refractivity (Wildman–Crippen MR) is 146 cm³/mol. The first-order valence-corrected chi connectivity index (χ1v) is 12.6. The minimum atomic E-state index is -0.550. The van der Waals surface area contributed by atoms with E-state index in [1.807, 2.05) is 79.7 Å². The second-order valence-corrected chi connectivity index (χ2v) is 9.06. The number of hydrogen-bond acceptors (Lipinski definition) is 5. The molecule has 1 amide bonds. The summed E-state index contributed by atoms with van der Waals surface area (Å²) in [5, 5.41) is 0.488. The Bertz CT molecular complexity index is 1590. The second-order valence-electron chi connectivity index (χ2n) is 9.06. The van der Waals surface area contributed by atoms with Gasteiger partial charge in [0.25, 0.3) is 5.56 Å². The van der Waals surface area contributed by atoms with Crippen LogP contribution in [-0.2, 0) is 17.8 Å². The van der Waals surface area contributed by atoms with Crippen LogP contribution in [0.1, 0.15) is 36.5 Å². The van der Waals surface area contributed by atoms with E-state index in [9.17, 15) is 9.59 Å². The molecule has 7 heteroatoms. The third-order valence-electron chi connectivity index (χ3n) is 6.67. The van der Waals surface area contributed by atoms with E-state index in [-0.39, 0.29) is 18.0 Å². The first-order chi connectivity index (χ1) is 18.6. The van der Waals surface area contributed by atoms with Gasteiger partial charge >= 0.3 is 0 Å². The van der Waals surface area contributed by atoms with Gasteiger partial charge in [-0.05, 0) is 55.3 Å². The number of para-hydroxylation sites is 3. The van der Waals surface area contributed by atoms with Gasteiger partial charge in [0, 0.05) is 6.42 Å². The molecule has 7 nitrogen and oxygen atoms in total. The van der Waals surface area contributed by atoms with Crippen molar-refractivity contribution in [2.45, 2.75) is 32.4 Å². The van der Waals surface area contributed by atoms with Crippen molar-refractivity contribution < 1.29 is 13.9 Å². The fourth-order valence-electron chi connectivity index (χ4n) is 4.67. The molecule has 38 heavy (non-hydrogen) atoms. The van der Waals surface area contributed by atoms with E-state index in [0.717, 1.165) is 5.56 Å². The molecule has 0 N–H and O–H groups in total. The molecular weight excluding hydrogens is 478 g/mol. The molecule has 2 heterocycles. The summed E-state index contributed by atoms with van der Waals surface area (Å²) in [7, 11) is 1.57. The molecule has 5 rings (SSSR count). The molecule has 1 unspecified atom stereocenters. The van der Waals surface area contributed by atoms with E-state index < -0.39 is 6.04 Å². The molecule has 0 saturated carbocycles. The molecule has 1 atom stereocenters. The average molecular weight is 508 g/mol. The van der Waals surface area contributed by atoms with Crippen LogP contribution >= 0.6 is 0 Å². The fourth-order valence-corrected chi connectivity index (χ4v) is 4.67. The Balaban J connectivity index is 1.61. The van der Waals surface area contributed by atoms with E-state index in [1.165, 1.54) is 0 Å². The summed E-state index contributed by atoms with van der Waals surface area (Å²) in [6.07, 6.45) is 2.50. The van der Waals surface area contributed by atoms with Gasteiger partial charge in [0.15, 0.2) is 0 Å². The van der Waals surface area contributed by atoms with Crippen LogP contribution < -0.4 is 10.3 Å². The highest BCUT2D eigenvalue weighted by atomic mass is 16.5. The molecule has 0 aliphatic rings. The number of aryl methyl sites for hydroxylation is 1. The summed E-state index contributed by atoms with van der Waals surface area (Å²) < 4.78 is 12.8. The van der Waals surface area contributed by atoms with Gasteiger partial charge in [-0.25, -0.2) is 4.98 Å². The zero-order chi connectivity index (χ0) is 26.5. The number of carbonyl (C=O) groups is 1. The highest BCUT2D eigenvalue weighted by Crippen LogP contribution is 2.29. The van der Waals surface area contributed by atoms with Crippen LogP contribution in [0.2, 0.25) is 0 Å². The van der Waals surface area contributed by atoms with Gasteiger partial charge in [-0.1, -0.05) is 54.6 Å². The lowest BCUT2D eigenvalue weighted by Crippen LogP contribution is -2.37. The van der Waals surface area contributed by atoms with Crippen molar-refractivity contribution in [1.29, 1.82) is 0 Å². The van der Waals surface area contributed by atoms with Crippen LogP contribution in [0.4, 0.5) is 0 Å². The maximum Gasteiger partial charge on any atom is 0.266 e. The molecule has 2 aromatic heterocycles.